The Balaban J connectivity index is 2.21. The Kier molecular flexibility index (Phi) is 4.89. The standard InChI is InChI=1S/C19H16N2O6/c1-11(20-24)10-15(12-6-8-13(9-7-12)21(25)26)17-18(22)14-4-2-3-5-16(14)27-19(17)23/h2-9,15,22,24H,10H2,1H3/b20-11-. The molecule has 1 atom stereocenters. The number of para-hydroxylation sites is 1. The predicted octanol–water partition coefficient (Wildman–Crippen LogP) is 3.78. The van der Waals surface area contributed by atoms with Crippen LogP contribution < -0.4 is 5.63 Å². The van der Waals surface area contributed by atoms with Crippen molar-refractivity contribution in [2.45, 2.75) is 19.3 Å². The van der Waals surface area contributed by atoms with Gasteiger partial charge in [-0.1, -0.05) is 29.4 Å². The number of hydrogen-bond acceptors (Lipinski definition) is 7. The van der Waals surface area contributed by atoms with Crippen LogP contribution in [0.4, 0.5) is 5.69 Å². The van der Waals surface area contributed by atoms with Gasteiger partial charge in [0.15, 0.2) is 0 Å². The minimum Gasteiger partial charge on any atom is -0.507 e. The molecule has 0 saturated carbocycles. The number of hydrogen-bond donors (Lipinski definition) is 2. The summed E-state index contributed by atoms with van der Waals surface area (Å²) in [7, 11) is 0. The minimum atomic E-state index is -0.722. The Morgan fingerprint density at radius 3 is 2.52 bits per heavy atom. The largest absolute Gasteiger partial charge is 0.507 e. The first-order chi connectivity index (χ1) is 12.9. The second-order valence-electron chi connectivity index (χ2n) is 6.09. The molecule has 3 aromatic rings. The van der Waals surface area contributed by atoms with Gasteiger partial charge < -0.3 is 14.7 Å². The van der Waals surface area contributed by atoms with Crippen LogP contribution in [0, 0.1) is 10.1 Å². The van der Waals surface area contributed by atoms with Crippen LogP contribution in [0.1, 0.15) is 30.4 Å². The third-order valence-corrected chi connectivity index (χ3v) is 4.34. The van der Waals surface area contributed by atoms with Crippen molar-refractivity contribution < 1.29 is 19.7 Å². The number of rotatable bonds is 5. The molecule has 0 bridgehead atoms. The molecule has 27 heavy (non-hydrogen) atoms. The summed E-state index contributed by atoms with van der Waals surface area (Å²) in [5.74, 6) is -0.932. The summed E-state index contributed by atoms with van der Waals surface area (Å²) in [6.07, 6.45) is 0.116. The van der Waals surface area contributed by atoms with E-state index in [1.807, 2.05) is 0 Å². The van der Waals surface area contributed by atoms with E-state index in [0.717, 1.165) is 0 Å². The van der Waals surface area contributed by atoms with Crippen LogP contribution in [-0.2, 0) is 0 Å². The van der Waals surface area contributed by atoms with Crippen molar-refractivity contribution in [3.05, 3.63) is 80.2 Å². The van der Waals surface area contributed by atoms with E-state index in [9.17, 15) is 20.0 Å². The van der Waals surface area contributed by atoms with Gasteiger partial charge in [0, 0.05) is 24.5 Å². The monoisotopic (exact) mass is 368 g/mol. The molecule has 2 N–H and O–H groups in total. The molecule has 1 unspecified atom stereocenters. The van der Waals surface area contributed by atoms with Crippen molar-refractivity contribution in [1.29, 1.82) is 0 Å². The van der Waals surface area contributed by atoms with E-state index in [1.54, 1.807) is 31.2 Å². The van der Waals surface area contributed by atoms with Crippen LogP contribution in [-0.4, -0.2) is 20.9 Å². The zero-order valence-electron chi connectivity index (χ0n) is 14.3. The van der Waals surface area contributed by atoms with Crippen molar-refractivity contribution in [2.24, 2.45) is 5.16 Å². The van der Waals surface area contributed by atoms with E-state index < -0.39 is 16.5 Å². The molecule has 0 aliphatic rings. The number of fused-ring (bicyclic) bond motifs is 1. The molecule has 0 aliphatic carbocycles. The molecule has 0 spiro atoms. The third kappa shape index (κ3) is 3.50. The maximum Gasteiger partial charge on any atom is 0.343 e. The number of benzene rings is 2. The second kappa shape index (κ2) is 7.28. The minimum absolute atomic E-state index is 0.00514. The van der Waals surface area contributed by atoms with E-state index in [1.165, 1.54) is 24.3 Å². The molecule has 1 heterocycles. The van der Waals surface area contributed by atoms with Crippen LogP contribution in [0.25, 0.3) is 11.0 Å². The first-order valence-electron chi connectivity index (χ1n) is 8.09. The van der Waals surface area contributed by atoms with Gasteiger partial charge in [-0.2, -0.15) is 0 Å². The normalized spacial score (nSPS) is 12.9. The summed E-state index contributed by atoms with van der Waals surface area (Å²) in [6, 6.07) is 12.2. The number of non-ortho nitro benzene ring substituents is 1. The Morgan fingerprint density at radius 1 is 1.22 bits per heavy atom. The number of nitrogens with zero attached hydrogens (tertiary/aromatic N) is 2. The second-order valence-corrected chi connectivity index (χ2v) is 6.09. The van der Waals surface area contributed by atoms with Crippen LogP contribution in [0.3, 0.4) is 0 Å². The zero-order chi connectivity index (χ0) is 19.6. The Hall–Kier alpha value is -3.68. The van der Waals surface area contributed by atoms with Crippen molar-refractivity contribution in [1.82, 2.24) is 0 Å². The Morgan fingerprint density at radius 2 is 1.89 bits per heavy atom. The maximum atomic E-state index is 12.6. The summed E-state index contributed by atoms with van der Waals surface area (Å²) >= 11 is 0. The molecule has 8 heteroatoms. The quantitative estimate of drug-likeness (QED) is 0.232. The molecular formula is C19H16N2O6. The summed E-state index contributed by atoms with van der Waals surface area (Å²) < 4.78 is 5.33. The Labute approximate surface area is 153 Å². The van der Waals surface area contributed by atoms with Crippen LogP contribution >= 0.6 is 0 Å². The van der Waals surface area contributed by atoms with Gasteiger partial charge in [0.1, 0.15) is 11.3 Å². The summed E-state index contributed by atoms with van der Waals surface area (Å²) in [5, 5.41) is 34.2. The smallest absolute Gasteiger partial charge is 0.343 e. The van der Waals surface area contributed by atoms with Gasteiger partial charge in [-0.25, -0.2) is 4.79 Å². The van der Waals surface area contributed by atoms with Gasteiger partial charge in [0.2, 0.25) is 0 Å². The fourth-order valence-electron chi connectivity index (χ4n) is 3.01. The van der Waals surface area contributed by atoms with Crippen LogP contribution in [0.2, 0.25) is 0 Å². The molecule has 0 fully saturated rings. The number of aromatic hydroxyl groups is 1. The highest BCUT2D eigenvalue weighted by atomic mass is 16.6. The summed E-state index contributed by atoms with van der Waals surface area (Å²) in [4.78, 5) is 22.9. The fraction of sp³-hybridized carbons (Fsp3) is 0.158. The molecule has 0 saturated heterocycles. The average molecular weight is 368 g/mol. The van der Waals surface area contributed by atoms with Crippen LogP contribution in [0.15, 0.2) is 62.9 Å². The van der Waals surface area contributed by atoms with Gasteiger partial charge in [0.05, 0.1) is 21.6 Å². The molecule has 2 aromatic carbocycles. The number of nitro groups is 1. The SMILES string of the molecule is C/C(CC(c1ccc([N+](=O)[O-])cc1)c1c(O)c2ccccc2oc1=O)=N/O. The topological polar surface area (TPSA) is 126 Å². The zero-order valence-corrected chi connectivity index (χ0v) is 14.3. The number of nitro benzene ring substituents is 1. The molecule has 8 nitrogen and oxygen atoms in total. The summed E-state index contributed by atoms with van der Waals surface area (Å²) in [5.41, 5.74) is 0.302. The maximum absolute atomic E-state index is 12.6. The molecule has 1 aromatic heterocycles. The lowest BCUT2D eigenvalue weighted by Crippen LogP contribution is -2.16. The highest BCUT2D eigenvalue weighted by Crippen LogP contribution is 2.36. The van der Waals surface area contributed by atoms with Gasteiger partial charge in [0.25, 0.3) is 5.69 Å². The Bertz CT molecular complexity index is 1090. The van der Waals surface area contributed by atoms with Crippen LogP contribution in [0.5, 0.6) is 5.75 Å². The lowest BCUT2D eigenvalue weighted by atomic mass is 9.86. The fourth-order valence-corrected chi connectivity index (χ4v) is 3.01. The first-order valence-corrected chi connectivity index (χ1v) is 8.09. The van der Waals surface area contributed by atoms with E-state index in [2.05, 4.69) is 5.16 Å². The predicted molar refractivity (Wildman–Crippen MR) is 98.6 cm³/mol. The molecule has 0 aliphatic heterocycles. The van der Waals surface area contributed by atoms with Gasteiger partial charge in [-0.3, -0.25) is 10.1 Å². The van der Waals surface area contributed by atoms with E-state index in [-0.39, 0.29) is 29.0 Å². The third-order valence-electron chi connectivity index (χ3n) is 4.34. The van der Waals surface area contributed by atoms with Gasteiger partial charge >= 0.3 is 5.63 Å². The van der Waals surface area contributed by atoms with Crippen molar-refractivity contribution in [3.63, 3.8) is 0 Å². The molecule has 0 amide bonds. The molecule has 0 radical (unpaired) electrons. The van der Waals surface area contributed by atoms with E-state index in [4.69, 9.17) is 9.62 Å². The lowest BCUT2D eigenvalue weighted by Gasteiger charge is -2.18. The van der Waals surface area contributed by atoms with E-state index in [0.29, 0.717) is 16.7 Å². The van der Waals surface area contributed by atoms with Gasteiger partial charge in [-0.15, -0.1) is 0 Å². The average Bonchev–Trinajstić information content (AvgIpc) is 2.67. The van der Waals surface area contributed by atoms with E-state index >= 15 is 0 Å². The van der Waals surface area contributed by atoms with Crippen molar-refractivity contribution in [3.8, 4) is 5.75 Å². The highest BCUT2D eigenvalue weighted by molar-refractivity contribution is 5.86. The highest BCUT2D eigenvalue weighted by Gasteiger charge is 2.26. The molecular weight excluding hydrogens is 352 g/mol. The molecule has 138 valence electrons. The van der Waals surface area contributed by atoms with Gasteiger partial charge in [-0.05, 0) is 24.6 Å². The number of oxime groups is 1. The first kappa shape index (κ1) is 18.1. The molecule has 3 rings (SSSR count). The van der Waals surface area contributed by atoms with Crippen molar-refractivity contribution >= 4 is 22.4 Å². The lowest BCUT2D eigenvalue weighted by molar-refractivity contribution is -0.384. The summed E-state index contributed by atoms with van der Waals surface area (Å²) in [6.45, 7) is 1.57. The van der Waals surface area contributed by atoms with Crippen molar-refractivity contribution in [2.75, 3.05) is 0 Å².